The number of benzene rings is 1. The lowest BCUT2D eigenvalue weighted by Gasteiger charge is -2.12. The summed E-state index contributed by atoms with van der Waals surface area (Å²) in [4.78, 5) is 23.3. The minimum Gasteiger partial charge on any atom is -0.347 e. The Morgan fingerprint density at radius 3 is 2.35 bits per heavy atom. The highest BCUT2D eigenvalue weighted by molar-refractivity contribution is 5.95. The quantitative estimate of drug-likeness (QED) is 0.736. The number of nitrogens with one attached hydrogen (secondary N) is 2. The summed E-state index contributed by atoms with van der Waals surface area (Å²) >= 11 is 0. The molecule has 0 fully saturated rings. The topological polar surface area (TPSA) is 84.2 Å². The van der Waals surface area contributed by atoms with Crippen molar-refractivity contribution < 1.29 is 9.59 Å². The van der Waals surface area contributed by atoms with E-state index in [1.54, 1.807) is 0 Å². The third-order valence-corrected chi connectivity index (χ3v) is 3.02. The van der Waals surface area contributed by atoms with Crippen LogP contribution < -0.4 is 16.4 Å². The molecule has 0 aromatic heterocycles. The summed E-state index contributed by atoms with van der Waals surface area (Å²) in [5.74, 6) is -0.379. The van der Waals surface area contributed by atoms with Gasteiger partial charge in [0.2, 0.25) is 11.8 Å². The Balaban J connectivity index is 2.43. The predicted octanol–water partition coefficient (Wildman–Crippen LogP) is 1.49. The summed E-state index contributed by atoms with van der Waals surface area (Å²) in [5, 5.41) is 5.41. The Morgan fingerprint density at radius 1 is 1.20 bits per heavy atom. The number of carbonyl (C=O) groups excluding carboxylic acids is 2. The average molecular weight is 277 g/mol. The number of aryl methyl sites for hydroxylation is 2. The molecule has 110 valence electrons. The van der Waals surface area contributed by atoms with Crippen LogP contribution in [0.2, 0.25) is 0 Å². The van der Waals surface area contributed by atoms with Crippen LogP contribution in [-0.2, 0) is 9.59 Å². The van der Waals surface area contributed by atoms with Crippen molar-refractivity contribution in [1.29, 1.82) is 0 Å². The molecule has 0 saturated heterocycles. The maximum absolute atomic E-state index is 11.8. The van der Waals surface area contributed by atoms with Gasteiger partial charge in [0.1, 0.15) is 0 Å². The molecule has 1 aromatic carbocycles. The zero-order valence-corrected chi connectivity index (χ0v) is 12.3. The average Bonchev–Trinajstić information content (AvgIpc) is 2.38. The Kier molecular flexibility index (Phi) is 6.18. The van der Waals surface area contributed by atoms with Gasteiger partial charge < -0.3 is 16.4 Å². The van der Waals surface area contributed by atoms with Gasteiger partial charge in [-0.3, -0.25) is 9.59 Å². The Hall–Kier alpha value is -1.88. The van der Waals surface area contributed by atoms with Crippen molar-refractivity contribution >= 4 is 17.5 Å². The van der Waals surface area contributed by atoms with E-state index < -0.39 is 0 Å². The van der Waals surface area contributed by atoms with E-state index in [0.29, 0.717) is 12.8 Å². The van der Waals surface area contributed by atoms with Crippen molar-refractivity contribution in [2.24, 2.45) is 5.73 Å². The van der Waals surface area contributed by atoms with Crippen LogP contribution in [0.15, 0.2) is 18.2 Å². The normalized spacial score (nSPS) is 11.8. The molecular weight excluding hydrogens is 254 g/mol. The molecular formula is C15H23N3O2. The van der Waals surface area contributed by atoms with Crippen LogP contribution in [0.3, 0.4) is 0 Å². The second-order valence-electron chi connectivity index (χ2n) is 5.11. The maximum Gasteiger partial charge on any atom is 0.243 e. The van der Waals surface area contributed by atoms with Crippen molar-refractivity contribution in [3.8, 4) is 0 Å². The van der Waals surface area contributed by atoms with E-state index in [-0.39, 0.29) is 24.4 Å². The van der Waals surface area contributed by atoms with Crippen molar-refractivity contribution in [3.05, 3.63) is 29.3 Å². The molecule has 0 saturated carbocycles. The number of nitrogens with two attached hydrogens (primary N) is 1. The summed E-state index contributed by atoms with van der Waals surface area (Å²) in [7, 11) is 0. The first-order chi connectivity index (χ1) is 9.40. The van der Waals surface area contributed by atoms with Crippen molar-refractivity contribution in [3.63, 3.8) is 0 Å². The molecule has 20 heavy (non-hydrogen) atoms. The summed E-state index contributed by atoms with van der Waals surface area (Å²) in [6.07, 6.45) is 0.957. The molecule has 0 spiro atoms. The van der Waals surface area contributed by atoms with Crippen molar-refractivity contribution in [2.75, 3.05) is 11.9 Å². The molecule has 5 nitrogen and oxygen atoms in total. The fourth-order valence-electron chi connectivity index (χ4n) is 1.82. The molecule has 2 amide bonds. The lowest BCUT2D eigenvalue weighted by molar-refractivity contribution is -0.124. The maximum atomic E-state index is 11.8. The third kappa shape index (κ3) is 5.40. The second kappa shape index (κ2) is 7.65. The number of hydrogen-bond acceptors (Lipinski definition) is 3. The first kappa shape index (κ1) is 16.2. The van der Waals surface area contributed by atoms with Gasteiger partial charge >= 0.3 is 0 Å². The molecule has 1 rings (SSSR count). The minimum atomic E-state index is -0.225. The standard InChI is InChI=1S/C15H23N3O2/c1-10-5-4-6-11(2)15(10)18-14(20)9-17-13(19)8-7-12(3)16/h4-6,12H,7-9,16H2,1-3H3,(H,17,19)(H,18,20). The van der Waals surface area contributed by atoms with Crippen LogP contribution in [0.4, 0.5) is 5.69 Å². The van der Waals surface area contributed by atoms with Gasteiger partial charge in [-0.15, -0.1) is 0 Å². The lowest BCUT2D eigenvalue weighted by atomic mass is 10.1. The van der Waals surface area contributed by atoms with Gasteiger partial charge in [0.25, 0.3) is 0 Å². The number of anilines is 1. The molecule has 0 aliphatic rings. The second-order valence-corrected chi connectivity index (χ2v) is 5.11. The Bertz CT molecular complexity index is 464. The number of hydrogen-bond donors (Lipinski definition) is 3. The largest absolute Gasteiger partial charge is 0.347 e. The summed E-state index contributed by atoms with van der Waals surface area (Å²) < 4.78 is 0. The zero-order valence-electron chi connectivity index (χ0n) is 12.3. The van der Waals surface area contributed by atoms with Crippen molar-refractivity contribution in [1.82, 2.24) is 5.32 Å². The smallest absolute Gasteiger partial charge is 0.243 e. The first-order valence-electron chi connectivity index (χ1n) is 6.78. The van der Waals surface area contributed by atoms with Gasteiger partial charge in [-0.25, -0.2) is 0 Å². The molecule has 0 bridgehead atoms. The highest BCUT2D eigenvalue weighted by Crippen LogP contribution is 2.18. The SMILES string of the molecule is Cc1cccc(C)c1NC(=O)CNC(=O)CCC(C)N. The van der Waals surface area contributed by atoms with Crippen LogP contribution in [-0.4, -0.2) is 24.4 Å². The van der Waals surface area contributed by atoms with Gasteiger partial charge in [-0.05, 0) is 38.3 Å². The van der Waals surface area contributed by atoms with E-state index in [1.165, 1.54) is 0 Å². The summed E-state index contributed by atoms with van der Waals surface area (Å²) in [6.45, 7) is 5.69. The van der Waals surface area contributed by atoms with Gasteiger partial charge in [0.05, 0.1) is 6.54 Å². The highest BCUT2D eigenvalue weighted by Gasteiger charge is 2.09. The fraction of sp³-hybridized carbons (Fsp3) is 0.467. The van der Waals surface area contributed by atoms with E-state index >= 15 is 0 Å². The van der Waals surface area contributed by atoms with Crippen LogP contribution in [0.5, 0.6) is 0 Å². The Morgan fingerprint density at radius 2 is 1.80 bits per heavy atom. The first-order valence-corrected chi connectivity index (χ1v) is 6.78. The number of para-hydroxylation sites is 1. The van der Waals surface area contributed by atoms with Crippen molar-refractivity contribution in [2.45, 2.75) is 39.7 Å². The number of rotatable bonds is 6. The van der Waals surface area contributed by atoms with E-state index in [1.807, 2.05) is 39.0 Å². The zero-order chi connectivity index (χ0) is 15.1. The van der Waals surface area contributed by atoms with E-state index in [9.17, 15) is 9.59 Å². The highest BCUT2D eigenvalue weighted by atomic mass is 16.2. The van der Waals surface area contributed by atoms with Gasteiger partial charge in [-0.2, -0.15) is 0 Å². The monoisotopic (exact) mass is 277 g/mol. The van der Waals surface area contributed by atoms with E-state index in [0.717, 1.165) is 16.8 Å². The summed E-state index contributed by atoms with van der Waals surface area (Å²) in [6, 6.07) is 5.80. The molecule has 0 radical (unpaired) electrons. The van der Waals surface area contributed by atoms with E-state index in [4.69, 9.17) is 5.73 Å². The third-order valence-electron chi connectivity index (χ3n) is 3.02. The van der Waals surface area contributed by atoms with Gasteiger partial charge in [0, 0.05) is 18.2 Å². The molecule has 0 heterocycles. The van der Waals surface area contributed by atoms with Gasteiger partial charge in [0.15, 0.2) is 0 Å². The molecule has 5 heteroatoms. The van der Waals surface area contributed by atoms with Crippen LogP contribution in [0.1, 0.15) is 30.9 Å². The molecule has 1 unspecified atom stereocenters. The number of carbonyl (C=O) groups is 2. The van der Waals surface area contributed by atoms with E-state index in [2.05, 4.69) is 10.6 Å². The fourth-order valence-corrected chi connectivity index (χ4v) is 1.82. The Labute approximate surface area is 119 Å². The van der Waals surface area contributed by atoms with Gasteiger partial charge in [-0.1, -0.05) is 18.2 Å². The molecule has 0 aliphatic heterocycles. The molecule has 4 N–H and O–H groups in total. The molecule has 1 atom stereocenters. The van der Waals surface area contributed by atoms with Crippen LogP contribution in [0.25, 0.3) is 0 Å². The lowest BCUT2D eigenvalue weighted by Crippen LogP contribution is -2.33. The summed E-state index contributed by atoms with van der Waals surface area (Å²) in [5.41, 5.74) is 8.38. The van der Waals surface area contributed by atoms with Crippen LogP contribution in [0, 0.1) is 13.8 Å². The molecule has 1 aromatic rings. The number of amides is 2. The minimum absolute atomic E-state index is 0.0100. The predicted molar refractivity (Wildman–Crippen MR) is 80.4 cm³/mol. The molecule has 0 aliphatic carbocycles. The van der Waals surface area contributed by atoms with Crippen LogP contribution >= 0.6 is 0 Å².